The maximum absolute atomic E-state index is 12.2. The Morgan fingerprint density at radius 2 is 2.00 bits per heavy atom. The zero-order chi connectivity index (χ0) is 13.9. The van der Waals surface area contributed by atoms with Crippen molar-refractivity contribution in [3.05, 3.63) is 40.3 Å². The molecule has 1 N–H and O–H groups in total. The van der Waals surface area contributed by atoms with Gasteiger partial charge in [-0.1, -0.05) is 29.2 Å². The second kappa shape index (κ2) is 5.61. The van der Waals surface area contributed by atoms with E-state index in [4.69, 9.17) is 5.53 Å². The lowest BCUT2D eigenvalue weighted by molar-refractivity contribution is 0.521. The van der Waals surface area contributed by atoms with Crippen LogP contribution in [0.1, 0.15) is 24.8 Å². The van der Waals surface area contributed by atoms with E-state index in [-0.39, 0.29) is 17.0 Å². The quantitative estimate of drug-likeness (QED) is 0.521. The van der Waals surface area contributed by atoms with E-state index in [9.17, 15) is 8.42 Å². The van der Waals surface area contributed by atoms with Crippen molar-refractivity contribution in [3.63, 3.8) is 0 Å². The molecule has 0 aromatic heterocycles. The van der Waals surface area contributed by atoms with Gasteiger partial charge in [0.15, 0.2) is 0 Å². The minimum absolute atomic E-state index is 0.240. The van der Waals surface area contributed by atoms with Crippen molar-refractivity contribution >= 4 is 10.0 Å². The highest BCUT2D eigenvalue weighted by Gasteiger charge is 2.30. The molecule has 0 aliphatic heterocycles. The largest absolute Gasteiger partial charge is 0.240 e. The van der Waals surface area contributed by atoms with E-state index in [2.05, 4.69) is 14.7 Å². The molecule has 1 aliphatic rings. The van der Waals surface area contributed by atoms with E-state index in [0.29, 0.717) is 6.42 Å². The molecule has 0 amide bonds. The van der Waals surface area contributed by atoms with E-state index in [0.717, 1.165) is 18.4 Å². The van der Waals surface area contributed by atoms with Gasteiger partial charge in [-0.25, -0.2) is 13.1 Å². The molecule has 6 nitrogen and oxygen atoms in total. The van der Waals surface area contributed by atoms with E-state index >= 15 is 0 Å². The average Bonchev–Trinajstić information content (AvgIpc) is 2.77. The summed E-state index contributed by atoms with van der Waals surface area (Å²) in [4.78, 5) is 3.01. The fourth-order valence-electron chi connectivity index (χ4n) is 2.27. The van der Waals surface area contributed by atoms with Gasteiger partial charge >= 0.3 is 0 Å². The van der Waals surface area contributed by atoms with Crippen LogP contribution in [-0.2, 0) is 10.0 Å². The van der Waals surface area contributed by atoms with Crippen molar-refractivity contribution in [2.75, 3.05) is 0 Å². The van der Waals surface area contributed by atoms with Gasteiger partial charge in [0.25, 0.3) is 0 Å². The summed E-state index contributed by atoms with van der Waals surface area (Å²) in [6.45, 7) is 1.90. The third-order valence-electron chi connectivity index (χ3n) is 3.32. The lowest BCUT2D eigenvalue weighted by atomic mass is 10.2. The Morgan fingerprint density at radius 1 is 1.32 bits per heavy atom. The van der Waals surface area contributed by atoms with Gasteiger partial charge in [0.2, 0.25) is 10.0 Å². The van der Waals surface area contributed by atoms with Crippen molar-refractivity contribution in [1.29, 1.82) is 0 Å². The van der Waals surface area contributed by atoms with Crippen LogP contribution in [0.25, 0.3) is 10.4 Å². The molecule has 2 rings (SSSR count). The van der Waals surface area contributed by atoms with Gasteiger partial charge < -0.3 is 0 Å². The summed E-state index contributed by atoms with van der Waals surface area (Å²) in [5, 5.41) is 3.65. The molecule has 19 heavy (non-hydrogen) atoms. The molecule has 0 saturated heterocycles. The van der Waals surface area contributed by atoms with Crippen LogP contribution in [0.5, 0.6) is 0 Å². The molecule has 102 valence electrons. The molecule has 1 aromatic carbocycles. The number of nitrogens with one attached hydrogen (secondary N) is 1. The topological polar surface area (TPSA) is 94.9 Å². The SMILES string of the molecule is Cc1ccc(S(=O)(=O)N[C@@H]2CCC[C@@H]2N=[N+]=[N-])cc1. The lowest BCUT2D eigenvalue weighted by Crippen LogP contribution is -2.38. The first-order valence-electron chi connectivity index (χ1n) is 6.16. The number of hydrogen-bond acceptors (Lipinski definition) is 3. The van der Waals surface area contributed by atoms with Crippen LogP contribution < -0.4 is 4.72 Å². The van der Waals surface area contributed by atoms with E-state index in [1.54, 1.807) is 24.3 Å². The lowest BCUT2D eigenvalue weighted by Gasteiger charge is -2.17. The molecule has 0 bridgehead atoms. The Hall–Kier alpha value is -1.56. The zero-order valence-electron chi connectivity index (χ0n) is 10.7. The molecule has 0 heterocycles. The first kappa shape index (κ1) is 13.9. The number of azide groups is 1. The minimum Gasteiger partial charge on any atom is -0.208 e. The van der Waals surface area contributed by atoms with E-state index < -0.39 is 10.0 Å². The number of benzene rings is 1. The van der Waals surface area contributed by atoms with Crippen LogP contribution in [0.4, 0.5) is 0 Å². The minimum atomic E-state index is -3.54. The summed E-state index contributed by atoms with van der Waals surface area (Å²) in [6.07, 6.45) is 2.30. The Bertz CT molecular complexity index is 591. The Labute approximate surface area is 112 Å². The van der Waals surface area contributed by atoms with Gasteiger partial charge in [-0.3, -0.25) is 0 Å². The van der Waals surface area contributed by atoms with Crippen molar-refractivity contribution in [2.45, 2.75) is 43.2 Å². The average molecular weight is 280 g/mol. The summed E-state index contributed by atoms with van der Waals surface area (Å²) in [5.41, 5.74) is 9.48. The number of nitrogens with zero attached hydrogens (tertiary/aromatic N) is 3. The third kappa shape index (κ3) is 3.26. The van der Waals surface area contributed by atoms with Gasteiger partial charge in [0, 0.05) is 11.0 Å². The van der Waals surface area contributed by atoms with Gasteiger partial charge in [-0.15, -0.1) is 0 Å². The molecule has 0 radical (unpaired) electrons. The fraction of sp³-hybridized carbons (Fsp3) is 0.500. The summed E-state index contributed by atoms with van der Waals surface area (Å²) >= 11 is 0. The second-order valence-corrected chi connectivity index (χ2v) is 6.46. The summed E-state index contributed by atoms with van der Waals surface area (Å²) in [5.74, 6) is 0. The predicted octanol–water partition coefficient (Wildman–Crippen LogP) is 2.50. The smallest absolute Gasteiger partial charge is 0.208 e. The van der Waals surface area contributed by atoms with Gasteiger partial charge in [-0.2, -0.15) is 0 Å². The molecule has 1 fully saturated rings. The maximum Gasteiger partial charge on any atom is 0.240 e. The highest BCUT2D eigenvalue weighted by Crippen LogP contribution is 2.24. The van der Waals surface area contributed by atoms with Gasteiger partial charge in [0.1, 0.15) is 0 Å². The van der Waals surface area contributed by atoms with Crippen molar-refractivity contribution in [2.24, 2.45) is 5.11 Å². The molecular formula is C12H16N4O2S. The van der Waals surface area contributed by atoms with Crippen LogP contribution >= 0.6 is 0 Å². The molecule has 1 aromatic rings. The number of aryl methyl sites for hydroxylation is 1. The molecule has 0 unspecified atom stereocenters. The van der Waals surface area contributed by atoms with Crippen LogP contribution in [-0.4, -0.2) is 20.5 Å². The Morgan fingerprint density at radius 3 is 2.63 bits per heavy atom. The van der Waals surface area contributed by atoms with Crippen LogP contribution in [0, 0.1) is 6.92 Å². The van der Waals surface area contributed by atoms with Crippen molar-refractivity contribution < 1.29 is 8.42 Å². The zero-order valence-corrected chi connectivity index (χ0v) is 11.5. The first-order valence-corrected chi connectivity index (χ1v) is 7.64. The van der Waals surface area contributed by atoms with Crippen LogP contribution in [0.2, 0.25) is 0 Å². The van der Waals surface area contributed by atoms with Crippen molar-refractivity contribution in [3.8, 4) is 0 Å². The number of hydrogen-bond donors (Lipinski definition) is 1. The molecule has 1 saturated carbocycles. The first-order chi connectivity index (χ1) is 9.03. The highest BCUT2D eigenvalue weighted by molar-refractivity contribution is 7.89. The van der Waals surface area contributed by atoms with Crippen LogP contribution in [0.3, 0.4) is 0 Å². The van der Waals surface area contributed by atoms with Crippen molar-refractivity contribution in [1.82, 2.24) is 4.72 Å². The van der Waals surface area contributed by atoms with Crippen LogP contribution in [0.15, 0.2) is 34.3 Å². The Kier molecular flexibility index (Phi) is 4.09. The van der Waals surface area contributed by atoms with E-state index in [1.807, 2.05) is 6.92 Å². The molecule has 7 heteroatoms. The summed E-state index contributed by atoms with van der Waals surface area (Å²) in [6, 6.07) is 6.08. The molecular weight excluding hydrogens is 264 g/mol. The number of rotatable bonds is 4. The number of sulfonamides is 1. The third-order valence-corrected chi connectivity index (χ3v) is 4.82. The monoisotopic (exact) mass is 280 g/mol. The fourth-order valence-corrected chi connectivity index (χ4v) is 3.57. The normalized spacial score (nSPS) is 23.0. The summed E-state index contributed by atoms with van der Waals surface area (Å²) < 4.78 is 27.0. The molecule has 1 aliphatic carbocycles. The summed E-state index contributed by atoms with van der Waals surface area (Å²) in [7, 11) is -3.54. The highest BCUT2D eigenvalue weighted by atomic mass is 32.2. The van der Waals surface area contributed by atoms with E-state index in [1.165, 1.54) is 0 Å². The van der Waals surface area contributed by atoms with Gasteiger partial charge in [-0.05, 0) is 37.4 Å². The predicted molar refractivity (Wildman–Crippen MR) is 72.1 cm³/mol. The second-order valence-electron chi connectivity index (χ2n) is 4.74. The standard InChI is InChI=1S/C12H16N4O2S/c1-9-5-7-10(8-6-9)19(17,18)15-12-4-2-3-11(12)14-16-13/h5-8,11-12,15H,2-4H2,1H3/t11-,12+/m0/s1. The van der Waals surface area contributed by atoms with Gasteiger partial charge in [0.05, 0.1) is 10.9 Å². The Balaban J connectivity index is 2.17. The maximum atomic E-state index is 12.2. The molecule has 2 atom stereocenters. The molecule has 0 spiro atoms.